The van der Waals surface area contributed by atoms with Gasteiger partial charge in [-0.3, -0.25) is 4.98 Å². The third-order valence-electron chi connectivity index (χ3n) is 3.20. The van der Waals surface area contributed by atoms with E-state index < -0.39 is 5.97 Å². The van der Waals surface area contributed by atoms with E-state index in [1.165, 1.54) is 18.3 Å². The van der Waals surface area contributed by atoms with E-state index in [0.717, 1.165) is 5.69 Å². The third-order valence-corrected chi connectivity index (χ3v) is 3.20. The summed E-state index contributed by atoms with van der Waals surface area (Å²) in [6, 6.07) is 6.28. The Kier molecular flexibility index (Phi) is 4.39. The lowest BCUT2D eigenvalue weighted by atomic mass is 10.1. The number of benzene rings is 1. The van der Waals surface area contributed by atoms with Gasteiger partial charge >= 0.3 is 5.97 Å². The van der Waals surface area contributed by atoms with Crippen molar-refractivity contribution in [2.24, 2.45) is 0 Å². The number of aliphatic hydroxyl groups excluding tert-OH is 1. The number of aromatic carboxylic acids is 1. The fraction of sp³-hybridized carbons (Fsp3) is 0.200. The smallest absolute Gasteiger partial charge is 0.335 e. The molecular formula is C15H16N2O4. The first-order valence-corrected chi connectivity index (χ1v) is 6.37. The maximum atomic E-state index is 10.8. The average Bonchev–Trinajstić information content (AvgIpc) is 2.49. The summed E-state index contributed by atoms with van der Waals surface area (Å²) in [6.07, 6.45) is 1.53. The second kappa shape index (κ2) is 6.23. The molecule has 110 valence electrons. The normalized spacial score (nSPS) is 10.4. The molecule has 6 heteroatoms. The van der Waals surface area contributed by atoms with Crippen LogP contribution in [-0.4, -0.2) is 26.3 Å². The molecule has 0 aliphatic heterocycles. The zero-order valence-electron chi connectivity index (χ0n) is 11.5. The van der Waals surface area contributed by atoms with E-state index in [9.17, 15) is 15.0 Å². The molecule has 0 radical (unpaired) electrons. The van der Waals surface area contributed by atoms with Crippen LogP contribution in [0.4, 0.5) is 5.69 Å². The van der Waals surface area contributed by atoms with Gasteiger partial charge in [0.2, 0.25) is 0 Å². The highest BCUT2D eigenvalue weighted by atomic mass is 16.4. The highest BCUT2D eigenvalue weighted by Crippen LogP contribution is 2.25. The number of carboxylic acids is 1. The minimum atomic E-state index is -0.980. The number of aryl methyl sites for hydroxylation is 1. The lowest BCUT2D eigenvalue weighted by Gasteiger charge is -2.13. The Morgan fingerprint density at radius 1 is 1.29 bits per heavy atom. The fourth-order valence-corrected chi connectivity index (χ4v) is 1.94. The Morgan fingerprint density at radius 2 is 1.95 bits per heavy atom. The maximum absolute atomic E-state index is 10.8. The third kappa shape index (κ3) is 3.29. The summed E-state index contributed by atoms with van der Waals surface area (Å²) >= 11 is 0. The van der Waals surface area contributed by atoms with Crippen molar-refractivity contribution in [1.82, 2.24) is 4.98 Å². The van der Waals surface area contributed by atoms with Gasteiger partial charge in [0.25, 0.3) is 0 Å². The summed E-state index contributed by atoms with van der Waals surface area (Å²) in [4.78, 5) is 14.8. The first kappa shape index (κ1) is 14.8. The average molecular weight is 288 g/mol. The van der Waals surface area contributed by atoms with Gasteiger partial charge in [0.1, 0.15) is 5.75 Å². The van der Waals surface area contributed by atoms with Crippen LogP contribution in [0, 0.1) is 6.92 Å². The molecule has 0 saturated carbocycles. The molecule has 0 aliphatic carbocycles. The second-order valence-corrected chi connectivity index (χ2v) is 4.59. The molecule has 6 nitrogen and oxygen atoms in total. The van der Waals surface area contributed by atoms with Crippen molar-refractivity contribution >= 4 is 11.7 Å². The van der Waals surface area contributed by atoms with Gasteiger partial charge in [0.05, 0.1) is 17.9 Å². The number of pyridine rings is 1. The van der Waals surface area contributed by atoms with Crippen LogP contribution in [0.5, 0.6) is 5.75 Å². The number of aromatic nitrogens is 1. The van der Waals surface area contributed by atoms with Crippen molar-refractivity contribution in [3.8, 4) is 5.75 Å². The van der Waals surface area contributed by atoms with Crippen LogP contribution >= 0.6 is 0 Å². The van der Waals surface area contributed by atoms with Crippen molar-refractivity contribution in [2.45, 2.75) is 20.1 Å². The molecule has 1 aromatic carbocycles. The van der Waals surface area contributed by atoms with E-state index in [2.05, 4.69) is 10.3 Å². The zero-order valence-corrected chi connectivity index (χ0v) is 11.5. The standard InChI is InChI=1S/C15H16N2O4/c1-9-14(19)13(11(8-18)6-16-9)7-17-12-4-2-10(3-5-12)15(20)21/h2-6,17-19H,7-8H2,1H3,(H,20,21). The quantitative estimate of drug-likeness (QED) is 0.670. The Bertz CT molecular complexity index is 653. The minimum absolute atomic E-state index is 0.0520. The number of nitrogens with zero attached hydrogens (tertiary/aromatic N) is 1. The van der Waals surface area contributed by atoms with Crippen molar-refractivity contribution in [3.63, 3.8) is 0 Å². The van der Waals surface area contributed by atoms with Crippen LogP contribution in [0.25, 0.3) is 0 Å². The number of carboxylic acid groups (broad SMARTS) is 1. The summed E-state index contributed by atoms with van der Waals surface area (Å²) < 4.78 is 0. The molecule has 0 aliphatic rings. The van der Waals surface area contributed by atoms with Crippen molar-refractivity contribution in [2.75, 3.05) is 5.32 Å². The summed E-state index contributed by atoms with van der Waals surface area (Å²) in [6.45, 7) is 1.77. The van der Waals surface area contributed by atoms with E-state index in [4.69, 9.17) is 5.11 Å². The zero-order chi connectivity index (χ0) is 15.4. The van der Waals surface area contributed by atoms with E-state index in [1.54, 1.807) is 19.1 Å². The Balaban J connectivity index is 2.16. The van der Waals surface area contributed by atoms with Gasteiger partial charge < -0.3 is 20.6 Å². The van der Waals surface area contributed by atoms with Gasteiger partial charge in [-0.05, 0) is 31.2 Å². The molecule has 0 spiro atoms. The summed E-state index contributed by atoms with van der Waals surface area (Å²) in [7, 11) is 0. The number of anilines is 1. The summed E-state index contributed by atoms with van der Waals surface area (Å²) in [5.41, 5.74) is 2.54. The van der Waals surface area contributed by atoms with E-state index in [-0.39, 0.29) is 17.9 Å². The molecule has 1 aromatic heterocycles. The first-order chi connectivity index (χ1) is 10.0. The predicted octanol–water partition coefficient (Wildman–Crippen LogP) is 1.90. The van der Waals surface area contributed by atoms with Gasteiger partial charge in [0, 0.05) is 29.6 Å². The van der Waals surface area contributed by atoms with Crippen LogP contribution in [0.15, 0.2) is 30.5 Å². The lowest BCUT2D eigenvalue weighted by Crippen LogP contribution is -2.06. The fourth-order valence-electron chi connectivity index (χ4n) is 1.94. The van der Waals surface area contributed by atoms with Crippen molar-refractivity contribution < 1.29 is 20.1 Å². The molecule has 0 fully saturated rings. The monoisotopic (exact) mass is 288 g/mol. The minimum Gasteiger partial charge on any atom is -0.506 e. The Hall–Kier alpha value is -2.60. The van der Waals surface area contributed by atoms with Gasteiger partial charge in [-0.25, -0.2) is 4.79 Å². The van der Waals surface area contributed by atoms with Crippen LogP contribution < -0.4 is 5.32 Å². The number of nitrogens with one attached hydrogen (secondary N) is 1. The van der Waals surface area contributed by atoms with Gasteiger partial charge in [-0.15, -0.1) is 0 Å². The van der Waals surface area contributed by atoms with Gasteiger partial charge in [-0.2, -0.15) is 0 Å². The summed E-state index contributed by atoms with van der Waals surface area (Å²) in [5.74, 6) is -0.928. The first-order valence-electron chi connectivity index (χ1n) is 6.37. The van der Waals surface area contributed by atoms with Crippen LogP contribution in [0.2, 0.25) is 0 Å². The number of hydrogen-bond acceptors (Lipinski definition) is 5. The molecule has 4 N–H and O–H groups in total. The molecule has 1 heterocycles. The van der Waals surface area contributed by atoms with E-state index >= 15 is 0 Å². The van der Waals surface area contributed by atoms with Crippen LogP contribution in [-0.2, 0) is 13.2 Å². The van der Waals surface area contributed by atoms with Gasteiger partial charge in [0.15, 0.2) is 0 Å². The van der Waals surface area contributed by atoms with Crippen molar-refractivity contribution in [1.29, 1.82) is 0 Å². The molecule has 0 saturated heterocycles. The Labute approximate surface area is 121 Å². The maximum Gasteiger partial charge on any atom is 0.335 e. The van der Waals surface area contributed by atoms with Crippen LogP contribution in [0.1, 0.15) is 27.2 Å². The number of hydrogen-bond donors (Lipinski definition) is 4. The Morgan fingerprint density at radius 3 is 2.52 bits per heavy atom. The molecule has 21 heavy (non-hydrogen) atoms. The highest BCUT2D eigenvalue weighted by molar-refractivity contribution is 5.87. The molecule has 0 bridgehead atoms. The van der Waals surface area contributed by atoms with Crippen molar-refractivity contribution in [3.05, 3.63) is 52.8 Å². The largest absolute Gasteiger partial charge is 0.506 e. The lowest BCUT2D eigenvalue weighted by molar-refractivity contribution is 0.0697. The number of rotatable bonds is 5. The molecular weight excluding hydrogens is 272 g/mol. The van der Waals surface area contributed by atoms with E-state index in [1.807, 2.05) is 0 Å². The van der Waals surface area contributed by atoms with Gasteiger partial charge in [-0.1, -0.05) is 0 Å². The number of aliphatic hydroxyl groups is 1. The molecule has 0 unspecified atom stereocenters. The van der Waals surface area contributed by atoms with Crippen LogP contribution in [0.3, 0.4) is 0 Å². The molecule has 2 aromatic rings. The summed E-state index contributed by atoms with van der Waals surface area (Å²) in [5, 5.41) is 31.2. The van der Waals surface area contributed by atoms with E-state index in [0.29, 0.717) is 23.4 Å². The molecule has 0 amide bonds. The molecule has 2 rings (SSSR count). The predicted molar refractivity (Wildman–Crippen MR) is 77.3 cm³/mol. The number of carbonyl (C=O) groups is 1. The highest BCUT2D eigenvalue weighted by Gasteiger charge is 2.11. The SMILES string of the molecule is Cc1ncc(CO)c(CNc2ccc(C(=O)O)cc2)c1O. The topological polar surface area (TPSA) is 103 Å². The second-order valence-electron chi connectivity index (χ2n) is 4.59. The number of aromatic hydroxyl groups is 1. The molecule has 0 atom stereocenters.